The van der Waals surface area contributed by atoms with E-state index in [4.69, 9.17) is 0 Å². The molecule has 0 aliphatic heterocycles. The molecule has 1 aromatic carbocycles. The Kier molecular flexibility index (Phi) is 4.36. The van der Waals surface area contributed by atoms with E-state index in [0.29, 0.717) is 22.8 Å². The van der Waals surface area contributed by atoms with Crippen molar-refractivity contribution >= 4 is 11.6 Å². The number of nitrogens with one attached hydrogen (secondary N) is 3. The van der Waals surface area contributed by atoms with Gasteiger partial charge in [0.2, 0.25) is 0 Å². The molecule has 0 fully saturated rings. The highest BCUT2D eigenvalue weighted by atomic mass is 16.1. The molecule has 28 heavy (non-hydrogen) atoms. The molecule has 4 aromatic rings. The van der Waals surface area contributed by atoms with Crippen molar-refractivity contribution in [2.45, 2.75) is 6.92 Å². The van der Waals surface area contributed by atoms with Crippen LogP contribution in [0.5, 0.6) is 0 Å². The van der Waals surface area contributed by atoms with Gasteiger partial charge in [-0.3, -0.25) is 14.3 Å². The highest BCUT2D eigenvalue weighted by molar-refractivity contribution is 6.08. The molecule has 0 atom stereocenters. The lowest BCUT2D eigenvalue weighted by Crippen LogP contribution is -2.12. The number of rotatable bonds is 4. The van der Waals surface area contributed by atoms with Gasteiger partial charge < -0.3 is 15.3 Å². The molecule has 0 spiro atoms. The summed E-state index contributed by atoms with van der Waals surface area (Å²) in [6.45, 7) is 1.77. The number of carbonyl (C=O) groups is 1. The average Bonchev–Trinajstić information content (AvgIpc) is 3.30. The normalized spacial score (nSPS) is 10.8. The molecular weight excluding hydrogens is 356 g/mol. The maximum Gasteiger partial charge on any atom is 0.257 e. The number of amides is 1. The van der Waals surface area contributed by atoms with Gasteiger partial charge in [0, 0.05) is 59.8 Å². The predicted molar refractivity (Wildman–Crippen MR) is 106 cm³/mol. The smallest absolute Gasteiger partial charge is 0.257 e. The van der Waals surface area contributed by atoms with Crippen molar-refractivity contribution in [2.24, 2.45) is 7.05 Å². The Morgan fingerprint density at radius 2 is 1.93 bits per heavy atom. The third-order valence-electron chi connectivity index (χ3n) is 4.29. The van der Waals surface area contributed by atoms with Crippen LogP contribution >= 0.6 is 0 Å². The summed E-state index contributed by atoms with van der Waals surface area (Å²) in [5, 5.41) is 7.03. The fraction of sp³-hybridized carbons (Fsp3) is 0.100. The van der Waals surface area contributed by atoms with Gasteiger partial charge in [-0.1, -0.05) is 0 Å². The summed E-state index contributed by atoms with van der Waals surface area (Å²) in [4.78, 5) is 34.3. The standard InChI is InChI=1S/C20H18N6O2/c1-12-7-18(27)25-19(23-12)13-3-5-15(6-4-13)24-20(28)17-10-21-9-16(17)14-8-22-26(2)11-14/h3-11,21H,1-2H3,(H,24,28)(H,23,25,27). The zero-order chi connectivity index (χ0) is 19.7. The van der Waals surface area contributed by atoms with Crippen LogP contribution in [0.3, 0.4) is 0 Å². The summed E-state index contributed by atoms with van der Waals surface area (Å²) in [5.74, 6) is 0.266. The van der Waals surface area contributed by atoms with Gasteiger partial charge in [0.15, 0.2) is 0 Å². The van der Waals surface area contributed by atoms with E-state index >= 15 is 0 Å². The van der Waals surface area contributed by atoms with Crippen LogP contribution in [-0.4, -0.2) is 30.6 Å². The fourth-order valence-corrected chi connectivity index (χ4v) is 2.98. The van der Waals surface area contributed by atoms with E-state index in [-0.39, 0.29) is 11.5 Å². The van der Waals surface area contributed by atoms with Crippen LogP contribution in [0.25, 0.3) is 22.5 Å². The number of hydrogen-bond donors (Lipinski definition) is 3. The second-order valence-electron chi connectivity index (χ2n) is 6.45. The van der Waals surface area contributed by atoms with Gasteiger partial charge in [0.05, 0.1) is 11.8 Å². The summed E-state index contributed by atoms with van der Waals surface area (Å²) < 4.78 is 1.69. The van der Waals surface area contributed by atoms with E-state index < -0.39 is 0 Å². The summed E-state index contributed by atoms with van der Waals surface area (Å²) >= 11 is 0. The SMILES string of the molecule is Cc1cc(=O)[nH]c(-c2ccc(NC(=O)c3c[nH]cc3-c3cnn(C)c3)cc2)n1. The second kappa shape index (κ2) is 6.99. The van der Waals surface area contributed by atoms with Crippen molar-refractivity contribution in [1.29, 1.82) is 0 Å². The van der Waals surface area contributed by atoms with Gasteiger partial charge in [-0.15, -0.1) is 0 Å². The zero-order valence-electron chi connectivity index (χ0n) is 15.4. The number of aromatic nitrogens is 5. The van der Waals surface area contributed by atoms with E-state index in [1.54, 1.807) is 54.5 Å². The number of aromatic amines is 2. The molecule has 3 aromatic heterocycles. The molecule has 0 radical (unpaired) electrons. The first-order valence-corrected chi connectivity index (χ1v) is 8.65. The van der Waals surface area contributed by atoms with Crippen molar-refractivity contribution in [2.75, 3.05) is 5.32 Å². The molecule has 3 heterocycles. The Morgan fingerprint density at radius 1 is 1.14 bits per heavy atom. The predicted octanol–water partition coefficient (Wildman–Crippen LogP) is 2.73. The molecule has 0 bridgehead atoms. The Hall–Kier alpha value is -3.94. The zero-order valence-corrected chi connectivity index (χ0v) is 15.4. The number of anilines is 1. The third-order valence-corrected chi connectivity index (χ3v) is 4.29. The summed E-state index contributed by atoms with van der Waals surface area (Å²) in [6, 6.07) is 8.58. The van der Waals surface area contributed by atoms with Crippen molar-refractivity contribution in [3.8, 4) is 22.5 Å². The van der Waals surface area contributed by atoms with Crippen LogP contribution in [0.4, 0.5) is 5.69 Å². The van der Waals surface area contributed by atoms with E-state index in [9.17, 15) is 9.59 Å². The van der Waals surface area contributed by atoms with Crippen molar-refractivity contribution in [1.82, 2.24) is 24.7 Å². The van der Waals surface area contributed by atoms with E-state index in [1.165, 1.54) is 6.07 Å². The third kappa shape index (κ3) is 3.48. The van der Waals surface area contributed by atoms with Crippen LogP contribution in [-0.2, 0) is 7.05 Å². The lowest BCUT2D eigenvalue weighted by Gasteiger charge is -2.07. The minimum absolute atomic E-state index is 0.199. The van der Waals surface area contributed by atoms with Crippen LogP contribution in [0, 0.1) is 6.92 Å². The fourth-order valence-electron chi connectivity index (χ4n) is 2.98. The average molecular weight is 374 g/mol. The molecule has 1 amide bonds. The number of aryl methyl sites for hydroxylation is 2. The van der Waals surface area contributed by atoms with Gasteiger partial charge >= 0.3 is 0 Å². The minimum atomic E-state index is -0.227. The summed E-state index contributed by atoms with van der Waals surface area (Å²) in [7, 11) is 1.83. The number of H-pyrrole nitrogens is 2. The first-order chi connectivity index (χ1) is 13.5. The van der Waals surface area contributed by atoms with Crippen molar-refractivity contribution in [3.05, 3.63) is 76.7 Å². The van der Waals surface area contributed by atoms with Crippen molar-refractivity contribution < 1.29 is 4.79 Å². The van der Waals surface area contributed by atoms with Gasteiger partial charge in [-0.2, -0.15) is 5.10 Å². The number of benzene rings is 1. The Balaban J connectivity index is 1.55. The first kappa shape index (κ1) is 17.5. The molecule has 0 aliphatic carbocycles. The molecule has 8 heteroatoms. The maximum atomic E-state index is 12.7. The maximum absolute atomic E-state index is 12.7. The van der Waals surface area contributed by atoms with Crippen LogP contribution in [0.15, 0.2) is 59.9 Å². The molecule has 0 saturated heterocycles. The van der Waals surface area contributed by atoms with E-state index in [1.807, 2.05) is 13.2 Å². The molecule has 0 unspecified atom stereocenters. The topological polar surface area (TPSA) is 108 Å². The minimum Gasteiger partial charge on any atom is -0.366 e. The molecule has 4 rings (SSSR count). The van der Waals surface area contributed by atoms with Gasteiger partial charge in [0.25, 0.3) is 11.5 Å². The Bertz CT molecular complexity index is 1200. The lowest BCUT2D eigenvalue weighted by atomic mass is 10.1. The van der Waals surface area contributed by atoms with E-state index in [0.717, 1.165) is 16.7 Å². The number of nitrogens with zero attached hydrogens (tertiary/aromatic N) is 3. The Morgan fingerprint density at radius 3 is 2.61 bits per heavy atom. The largest absolute Gasteiger partial charge is 0.366 e. The molecule has 8 nitrogen and oxygen atoms in total. The van der Waals surface area contributed by atoms with Crippen LogP contribution in [0.1, 0.15) is 16.1 Å². The highest BCUT2D eigenvalue weighted by Gasteiger charge is 2.15. The van der Waals surface area contributed by atoms with Crippen molar-refractivity contribution in [3.63, 3.8) is 0 Å². The van der Waals surface area contributed by atoms with Gasteiger partial charge in [-0.25, -0.2) is 4.98 Å². The van der Waals surface area contributed by atoms with Crippen LogP contribution < -0.4 is 10.9 Å². The number of carbonyl (C=O) groups excluding carboxylic acids is 1. The Labute approximate surface area is 160 Å². The summed E-state index contributed by atoms with van der Waals surface area (Å²) in [5.41, 5.74) is 4.02. The van der Waals surface area contributed by atoms with E-state index in [2.05, 4.69) is 25.4 Å². The molecule has 0 aliphatic rings. The highest BCUT2D eigenvalue weighted by Crippen LogP contribution is 2.24. The molecule has 140 valence electrons. The molecular formula is C20H18N6O2. The van der Waals surface area contributed by atoms with Gasteiger partial charge in [0.1, 0.15) is 5.82 Å². The second-order valence-corrected chi connectivity index (χ2v) is 6.45. The first-order valence-electron chi connectivity index (χ1n) is 8.65. The molecule has 0 saturated carbocycles. The summed E-state index contributed by atoms with van der Waals surface area (Å²) in [6.07, 6.45) is 7.00. The van der Waals surface area contributed by atoms with Crippen LogP contribution in [0.2, 0.25) is 0 Å². The monoisotopic (exact) mass is 374 g/mol. The number of hydrogen-bond acceptors (Lipinski definition) is 4. The quantitative estimate of drug-likeness (QED) is 0.510. The molecule has 3 N–H and O–H groups in total. The van der Waals surface area contributed by atoms with Gasteiger partial charge in [-0.05, 0) is 31.2 Å². The lowest BCUT2D eigenvalue weighted by molar-refractivity contribution is 0.102.